The number of thioether (sulfide) groups is 1. The van der Waals surface area contributed by atoms with Crippen LogP contribution in [0.3, 0.4) is 0 Å². The summed E-state index contributed by atoms with van der Waals surface area (Å²) in [5.74, 6) is 0.321. The molecule has 0 aliphatic carbocycles. The van der Waals surface area contributed by atoms with Gasteiger partial charge < -0.3 is 19.9 Å². The van der Waals surface area contributed by atoms with Gasteiger partial charge in [-0.15, -0.1) is 10.2 Å². The smallest absolute Gasteiger partial charge is 0.232 e. The number of amides is 2. The molecule has 0 aliphatic rings. The van der Waals surface area contributed by atoms with Crippen molar-refractivity contribution in [1.29, 1.82) is 0 Å². The molecule has 1 aromatic heterocycles. The van der Waals surface area contributed by atoms with Crippen LogP contribution in [0.15, 0.2) is 53.7 Å². The highest BCUT2D eigenvalue weighted by atomic mass is 32.2. The van der Waals surface area contributed by atoms with Crippen molar-refractivity contribution >= 4 is 29.3 Å². The fraction of sp³-hybridized carbons (Fsp3) is 0.273. The first kappa shape index (κ1) is 23.3. The maximum absolute atomic E-state index is 13.7. The topological polar surface area (TPSA) is 98.1 Å². The van der Waals surface area contributed by atoms with E-state index in [9.17, 15) is 14.0 Å². The Morgan fingerprint density at radius 1 is 1.09 bits per heavy atom. The molecule has 32 heavy (non-hydrogen) atoms. The highest BCUT2D eigenvalue weighted by molar-refractivity contribution is 7.99. The number of para-hydroxylation sites is 1. The van der Waals surface area contributed by atoms with Crippen LogP contribution in [0.25, 0.3) is 0 Å². The Morgan fingerprint density at radius 2 is 1.84 bits per heavy atom. The average Bonchev–Trinajstić information content (AvgIpc) is 3.19. The third kappa shape index (κ3) is 6.30. The molecule has 0 aliphatic heterocycles. The lowest BCUT2D eigenvalue weighted by Gasteiger charge is -2.09. The lowest BCUT2D eigenvalue weighted by molar-refractivity contribution is -0.118. The van der Waals surface area contributed by atoms with Gasteiger partial charge in [-0.25, -0.2) is 4.39 Å². The minimum atomic E-state index is -0.505. The lowest BCUT2D eigenvalue weighted by atomic mass is 10.2. The zero-order chi connectivity index (χ0) is 22.9. The molecule has 168 valence electrons. The molecule has 10 heteroatoms. The van der Waals surface area contributed by atoms with Crippen LogP contribution in [0.2, 0.25) is 0 Å². The van der Waals surface area contributed by atoms with Crippen LogP contribution in [-0.2, 0) is 29.1 Å². The maximum Gasteiger partial charge on any atom is 0.232 e. The summed E-state index contributed by atoms with van der Waals surface area (Å²) in [6, 6.07) is 13.4. The summed E-state index contributed by atoms with van der Waals surface area (Å²) in [4.78, 5) is 24.5. The second-order valence-corrected chi connectivity index (χ2v) is 7.70. The van der Waals surface area contributed by atoms with Gasteiger partial charge in [-0.05, 0) is 36.8 Å². The summed E-state index contributed by atoms with van der Waals surface area (Å²) in [6.45, 7) is 2.84. The molecule has 2 N–H and O–H groups in total. The minimum Gasteiger partial charge on any atom is -0.497 e. The van der Waals surface area contributed by atoms with Gasteiger partial charge >= 0.3 is 0 Å². The zero-order valence-electron chi connectivity index (χ0n) is 17.8. The number of aromatic nitrogens is 3. The van der Waals surface area contributed by atoms with Gasteiger partial charge in [-0.1, -0.05) is 36.0 Å². The molecule has 8 nitrogen and oxygen atoms in total. The van der Waals surface area contributed by atoms with E-state index in [2.05, 4.69) is 20.8 Å². The first-order chi connectivity index (χ1) is 15.5. The fourth-order valence-electron chi connectivity index (χ4n) is 2.90. The monoisotopic (exact) mass is 457 g/mol. The normalized spacial score (nSPS) is 10.6. The van der Waals surface area contributed by atoms with Crippen LogP contribution >= 0.6 is 11.8 Å². The highest BCUT2D eigenvalue weighted by Gasteiger charge is 2.16. The Kier molecular flexibility index (Phi) is 8.20. The number of methoxy groups -OCH3 is 1. The van der Waals surface area contributed by atoms with Gasteiger partial charge in [0.15, 0.2) is 5.16 Å². The summed E-state index contributed by atoms with van der Waals surface area (Å²) in [5, 5.41) is 14.1. The highest BCUT2D eigenvalue weighted by Crippen LogP contribution is 2.18. The van der Waals surface area contributed by atoms with Crippen LogP contribution in [0, 0.1) is 5.82 Å². The first-order valence-corrected chi connectivity index (χ1v) is 11.0. The van der Waals surface area contributed by atoms with E-state index in [0.29, 0.717) is 24.1 Å². The third-order valence-electron chi connectivity index (χ3n) is 4.56. The molecule has 0 atom stereocenters. The number of rotatable bonds is 10. The number of nitrogens with one attached hydrogen (secondary N) is 2. The predicted octanol–water partition coefficient (Wildman–Crippen LogP) is 3.04. The first-order valence-electron chi connectivity index (χ1n) is 9.99. The number of carbonyl (C=O) groups excluding carboxylic acids is 2. The van der Waals surface area contributed by atoms with Gasteiger partial charge in [0.1, 0.15) is 17.4 Å². The van der Waals surface area contributed by atoms with Crippen molar-refractivity contribution in [3.63, 3.8) is 0 Å². The molecular formula is C22H24FN5O3S. The van der Waals surface area contributed by atoms with Crippen molar-refractivity contribution in [2.75, 3.05) is 18.2 Å². The van der Waals surface area contributed by atoms with E-state index in [1.807, 2.05) is 31.2 Å². The summed E-state index contributed by atoms with van der Waals surface area (Å²) < 4.78 is 20.6. The molecule has 2 amide bonds. The number of hydrogen-bond donors (Lipinski definition) is 2. The molecule has 0 bridgehead atoms. The molecular weight excluding hydrogens is 433 g/mol. The Morgan fingerprint density at radius 3 is 2.53 bits per heavy atom. The maximum atomic E-state index is 13.7. The van der Waals surface area contributed by atoms with Crippen molar-refractivity contribution in [2.24, 2.45) is 0 Å². The average molecular weight is 458 g/mol. The van der Waals surface area contributed by atoms with Gasteiger partial charge in [0.2, 0.25) is 11.8 Å². The van der Waals surface area contributed by atoms with E-state index < -0.39 is 11.7 Å². The van der Waals surface area contributed by atoms with Crippen LogP contribution in [0.5, 0.6) is 5.75 Å². The van der Waals surface area contributed by atoms with E-state index >= 15 is 0 Å². The number of anilines is 1. The van der Waals surface area contributed by atoms with E-state index in [1.54, 1.807) is 23.8 Å². The Labute approximate surface area is 189 Å². The number of benzene rings is 2. The summed E-state index contributed by atoms with van der Waals surface area (Å²) >= 11 is 1.24. The van der Waals surface area contributed by atoms with Crippen molar-refractivity contribution < 1.29 is 18.7 Å². The van der Waals surface area contributed by atoms with Gasteiger partial charge in [0.05, 0.1) is 25.0 Å². The summed E-state index contributed by atoms with van der Waals surface area (Å²) in [5.41, 5.74) is 1.08. The van der Waals surface area contributed by atoms with Crippen LogP contribution in [0.4, 0.5) is 10.1 Å². The van der Waals surface area contributed by atoms with Crippen molar-refractivity contribution in [1.82, 2.24) is 20.1 Å². The second kappa shape index (κ2) is 11.3. The number of carbonyl (C=O) groups is 2. The Bertz CT molecular complexity index is 1070. The SMILES string of the molecule is CCn1c(CC(=O)Nc2ccccc2F)nnc1SCC(=O)NCc1ccc(OC)cc1. The molecule has 0 spiro atoms. The summed E-state index contributed by atoms with van der Waals surface area (Å²) in [6.07, 6.45) is -0.0562. The second-order valence-electron chi connectivity index (χ2n) is 6.76. The molecule has 0 unspecified atom stereocenters. The van der Waals surface area contributed by atoms with Crippen LogP contribution < -0.4 is 15.4 Å². The third-order valence-corrected chi connectivity index (χ3v) is 5.52. The lowest BCUT2D eigenvalue weighted by Crippen LogP contribution is -2.24. The molecule has 0 radical (unpaired) electrons. The van der Waals surface area contributed by atoms with Gasteiger partial charge in [-0.3, -0.25) is 9.59 Å². The predicted molar refractivity (Wildman–Crippen MR) is 120 cm³/mol. The quantitative estimate of drug-likeness (QED) is 0.454. The van der Waals surface area contributed by atoms with E-state index in [1.165, 1.54) is 23.9 Å². The zero-order valence-corrected chi connectivity index (χ0v) is 18.6. The Hall–Kier alpha value is -3.40. The standard InChI is InChI=1S/C22H24FN5O3S/c1-3-28-19(12-20(29)25-18-7-5-4-6-17(18)23)26-27-22(28)32-14-21(30)24-13-15-8-10-16(31-2)11-9-15/h4-11H,3,12-14H2,1-2H3,(H,24,30)(H,25,29). The van der Waals surface area contributed by atoms with Gasteiger partial charge in [0, 0.05) is 13.1 Å². The molecule has 2 aromatic carbocycles. The largest absolute Gasteiger partial charge is 0.497 e. The number of halogens is 1. The number of ether oxygens (including phenoxy) is 1. The summed E-state index contributed by atoms with van der Waals surface area (Å²) in [7, 11) is 1.60. The molecule has 3 aromatic rings. The fourth-order valence-corrected chi connectivity index (χ4v) is 3.75. The van der Waals surface area contributed by atoms with Gasteiger partial charge in [0.25, 0.3) is 0 Å². The van der Waals surface area contributed by atoms with E-state index in [0.717, 1.165) is 11.3 Å². The van der Waals surface area contributed by atoms with Gasteiger partial charge in [-0.2, -0.15) is 0 Å². The molecule has 1 heterocycles. The molecule has 0 saturated heterocycles. The van der Waals surface area contributed by atoms with Crippen LogP contribution in [-0.4, -0.2) is 39.4 Å². The minimum absolute atomic E-state index is 0.0562. The molecule has 3 rings (SSSR count). The van der Waals surface area contributed by atoms with E-state index in [4.69, 9.17) is 4.74 Å². The van der Waals surface area contributed by atoms with E-state index in [-0.39, 0.29) is 23.8 Å². The number of hydrogen-bond acceptors (Lipinski definition) is 6. The Balaban J connectivity index is 1.52. The molecule has 0 fully saturated rings. The van der Waals surface area contributed by atoms with Crippen molar-refractivity contribution in [2.45, 2.75) is 31.6 Å². The van der Waals surface area contributed by atoms with Crippen molar-refractivity contribution in [3.05, 3.63) is 65.7 Å². The van der Waals surface area contributed by atoms with Crippen LogP contribution in [0.1, 0.15) is 18.3 Å². The number of nitrogens with zero attached hydrogens (tertiary/aromatic N) is 3. The van der Waals surface area contributed by atoms with Crippen molar-refractivity contribution in [3.8, 4) is 5.75 Å². The molecule has 0 saturated carbocycles.